The average molecular weight is 443 g/mol. The van der Waals surface area contributed by atoms with Gasteiger partial charge in [0.25, 0.3) is 5.91 Å². The number of aromatic nitrogens is 1. The fourth-order valence-corrected chi connectivity index (χ4v) is 3.56. The number of carbonyl (C=O) groups excluding carboxylic acids is 2. The molecule has 0 saturated heterocycles. The SMILES string of the molecule is CCOc1cccc(NC(=O)/C(C#N)=C\c2cc(C)n(-c3ccc(NC(C)=O)cc3)c2C)c1. The minimum atomic E-state index is -0.490. The minimum absolute atomic E-state index is 0.00179. The molecular weight excluding hydrogens is 416 g/mol. The molecule has 3 aromatic rings. The van der Waals surface area contributed by atoms with Crippen molar-refractivity contribution in [1.29, 1.82) is 5.26 Å². The number of ether oxygens (including phenoxy) is 1. The van der Waals surface area contributed by atoms with Gasteiger partial charge in [-0.3, -0.25) is 9.59 Å². The van der Waals surface area contributed by atoms with Crippen molar-refractivity contribution >= 4 is 29.3 Å². The number of anilines is 2. The highest BCUT2D eigenvalue weighted by Gasteiger charge is 2.14. The lowest BCUT2D eigenvalue weighted by atomic mass is 10.1. The molecule has 0 radical (unpaired) electrons. The van der Waals surface area contributed by atoms with E-state index in [1.54, 1.807) is 30.3 Å². The van der Waals surface area contributed by atoms with Gasteiger partial charge in [-0.1, -0.05) is 6.07 Å². The number of nitrogens with one attached hydrogen (secondary N) is 2. The molecule has 168 valence electrons. The molecule has 3 rings (SSSR count). The third-order valence-electron chi connectivity index (χ3n) is 4.98. The van der Waals surface area contributed by atoms with Crippen LogP contribution in [0.25, 0.3) is 11.8 Å². The Balaban J connectivity index is 1.86. The van der Waals surface area contributed by atoms with Gasteiger partial charge in [-0.2, -0.15) is 5.26 Å². The van der Waals surface area contributed by atoms with Gasteiger partial charge < -0.3 is 19.9 Å². The molecule has 0 atom stereocenters. The average Bonchev–Trinajstić information content (AvgIpc) is 3.05. The quantitative estimate of drug-likeness (QED) is 0.398. The van der Waals surface area contributed by atoms with Crippen LogP contribution in [0.15, 0.2) is 60.2 Å². The molecule has 0 aliphatic rings. The van der Waals surface area contributed by atoms with Gasteiger partial charge >= 0.3 is 0 Å². The molecular formula is C26H26N4O3. The predicted molar refractivity (Wildman–Crippen MR) is 129 cm³/mol. The van der Waals surface area contributed by atoms with E-state index in [2.05, 4.69) is 10.6 Å². The summed E-state index contributed by atoms with van der Waals surface area (Å²) < 4.78 is 7.49. The van der Waals surface area contributed by atoms with Gasteiger partial charge in [-0.05, 0) is 74.9 Å². The smallest absolute Gasteiger partial charge is 0.266 e. The first-order valence-corrected chi connectivity index (χ1v) is 10.6. The van der Waals surface area contributed by atoms with Crippen LogP contribution >= 0.6 is 0 Å². The molecule has 0 aliphatic heterocycles. The molecule has 0 unspecified atom stereocenters. The second kappa shape index (κ2) is 10.3. The molecule has 0 saturated carbocycles. The molecule has 0 bridgehead atoms. The van der Waals surface area contributed by atoms with Crippen molar-refractivity contribution in [3.8, 4) is 17.5 Å². The Hall–Kier alpha value is -4.31. The molecule has 33 heavy (non-hydrogen) atoms. The van der Waals surface area contributed by atoms with E-state index < -0.39 is 5.91 Å². The normalized spacial score (nSPS) is 10.9. The minimum Gasteiger partial charge on any atom is -0.494 e. The zero-order valence-electron chi connectivity index (χ0n) is 19.1. The maximum absolute atomic E-state index is 12.7. The highest BCUT2D eigenvalue weighted by Crippen LogP contribution is 2.24. The summed E-state index contributed by atoms with van der Waals surface area (Å²) in [5, 5.41) is 15.1. The summed E-state index contributed by atoms with van der Waals surface area (Å²) in [7, 11) is 0. The first-order chi connectivity index (χ1) is 15.8. The first kappa shape index (κ1) is 23.4. The van der Waals surface area contributed by atoms with Crippen molar-refractivity contribution in [1.82, 2.24) is 4.57 Å². The van der Waals surface area contributed by atoms with Gasteiger partial charge in [0, 0.05) is 41.4 Å². The lowest BCUT2D eigenvalue weighted by Gasteiger charge is -2.11. The lowest BCUT2D eigenvalue weighted by Crippen LogP contribution is -2.13. The Labute approximate surface area is 193 Å². The summed E-state index contributed by atoms with van der Waals surface area (Å²) in [5.41, 5.74) is 4.79. The fraction of sp³-hybridized carbons (Fsp3) is 0.192. The van der Waals surface area contributed by atoms with Gasteiger partial charge in [0.15, 0.2) is 0 Å². The van der Waals surface area contributed by atoms with Crippen molar-refractivity contribution in [3.05, 3.63) is 77.1 Å². The number of benzene rings is 2. The van der Waals surface area contributed by atoms with Crippen molar-refractivity contribution in [3.63, 3.8) is 0 Å². The standard InChI is InChI=1S/C26H26N4O3/c1-5-33-25-8-6-7-23(15-25)29-26(32)21(16-27)14-20-13-17(2)30(18(20)3)24-11-9-22(10-12-24)28-19(4)31/h6-15H,5H2,1-4H3,(H,28,31)(H,29,32)/b21-14-. The molecule has 1 heterocycles. The van der Waals surface area contributed by atoms with Crippen LogP contribution in [0.5, 0.6) is 5.75 Å². The monoisotopic (exact) mass is 442 g/mol. The number of amides is 2. The van der Waals surface area contributed by atoms with Gasteiger partial charge in [-0.15, -0.1) is 0 Å². The van der Waals surface area contributed by atoms with Crippen molar-refractivity contribution < 1.29 is 14.3 Å². The van der Waals surface area contributed by atoms with Gasteiger partial charge in [0.2, 0.25) is 5.91 Å². The fourth-order valence-electron chi connectivity index (χ4n) is 3.56. The van der Waals surface area contributed by atoms with Gasteiger partial charge in [-0.25, -0.2) is 0 Å². The third kappa shape index (κ3) is 5.69. The first-order valence-electron chi connectivity index (χ1n) is 10.6. The predicted octanol–water partition coefficient (Wildman–Crippen LogP) is 5.00. The van der Waals surface area contributed by atoms with E-state index in [9.17, 15) is 14.9 Å². The Bertz CT molecular complexity index is 1250. The van der Waals surface area contributed by atoms with E-state index in [0.29, 0.717) is 23.7 Å². The van der Waals surface area contributed by atoms with Gasteiger partial charge in [0.1, 0.15) is 17.4 Å². The Morgan fingerprint density at radius 2 is 1.79 bits per heavy atom. The number of carbonyl (C=O) groups is 2. The number of aryl methyl sites for hydroxylation is 1. The molecule has 0 aliphatic carbocycles. The van der Waals surface area contributed by atoms with Crippen LogP contribution in [0.1, 0.15) is 30.8 Å². The van der Waals surface area contributed by atoms with Crippen molar-refractivity contribution in [2.45, 2.75) is 27.7 Å². The van der Waals surface area contributed by atoms with E-state index in [1.165, 1.54) is 6.92 Å². The zero-order chi connectivity index (χ0) is 24.0. The number of hydrogen-bond acceptors (Lipinski definition) is 4. The van der Waals surface area contributed by atoms with Crippen LogP contribution in [0.4, 0.5) is 11.4 Å². The molecule has 0 spiro atoms. The van der Waals surface area contributed by atoms with Crippen LogP contribution in [0.3, 0.4) is 0 Å². The van der Waals surface area contributed by atoms with E-state index in [4.69, 9.17) is 4.74 Å². The van der Waals surface area contributed by atoms with E-state index in [-0.39, 0.29) is 11.5 Å². The maximum Gasteiger partial charge on any atom is 0.266 e. The summed E-state index contributed by atoms with van der Waals surface area (Å²) in [4.78, 5) is 24.0. The highest BCUT2D eigenvalue weighted by atomic mass is 16.5. The van der Waals surface area contributed by atoms with E-state index in [0.717, 1.165) is 22.6 Å². The number of rotatable bonds is 7. The number of nitrogens with zero attached hydrogens (tertiary/aromatic N) is 2. The van der Waals surface area contributed by atoms with E-state index >= 15 is 0 Å². The van der Waals surface area contributed by atoms with Crippen molar-refractivity contribution in [2.75, 3.05) is 17.2 Å². The molecule has 2 amide bonds. The molecule has 7 nitrogen and oxygen atoms in total. The van der Waals surface area contributed by atoms with Crippen LogP contribution in [0, 0.1) is 25.2 Å². The third-order valence-corrected chi connectivity index (χ3v) is 4.98. The van der Waals surface area contributed by atoms with Crippen LogP contribution < -0.4 is 15.4 Å². The summed E-state index contributed by atoms with van der Waals surface area (Å²) in [6.07, 6.45) is 1.59. The number of nitriles is 1. The Morgan fingerprint density at radius 3 is 2.42 bits per heavy atom. The summed E-state index contributed by atoms with van der Waals surface area (Å²) in [6.45, 7) is 7.75. The molecule has 0 fully saturated rings. The number of hydrogen-bond donors (Lipinski definition) is 2. The van der Waals surface area contributed by atoms with Crippen molar-refractivity contribution in [2.24, 2.45) is 0 Å². The lowest BCUT2D eigenvalue weighted by molar-refractivity contribution is -0.114. The van der Waals surface area contributed by atoms with E-state index in [1.807, 2.05) is 61.7 Å². The maximum atomic E-state index is 12.7. The Morgan fingerprint density at radius 1 is 1.06 bits per heavy atom. The topological polar surface area (TPSA) is 96.2 Å². The van der Waals surface area contributed by atoms with Crippen LogP contribution in [-0.4, -0.2) is 23.0 Å². The molecule has 2 N–H and O–H groups in total. The van der Waals surface area contributed by atoms with Crippen LogP contribution in [-0.2, 0) is 9.59 Å². The van der Waals surface area contributed by atoms with Gasteiger partial charge in [0.05, 0.1) is 6.61 Å². The Kier molecular flexibility index (Phi) is 7.31. The highest BCUT2D eigenvalue weighted by molar-refractivity contribution is 6.09. The second-order valence-corrected chi connectivity index (χ2v) is 7.47. The zero-order valence-corrected chi connectivity index (χ0v) is 19.1. The molecule has 1 aromatic heterocycles. The second-order valence-electron chi connectivity index (χ2n) is 7.47. The summed E-state index contributed by atoms with van der Waals surface area (Å²) >= 11 is 0. The summed E-state index contributed by atoms with van der Waals surface area (Å²) in [5.74, 6) is 0.0249. The molecule has 2 aromatic carbocycles. The van der Waals surface area contributed by atoms with Crippen LogP contribution in [0.2, 0.25) is 0 Å². The summed E-state index contributed by atoms with van der Waals surface area (Å²) in [6, 6.07) is 18.4. The largest absolute Gasteiger partial charge is 0.494 e. The molecule has 7 heteroatoms.